The van der Waals surface area contributed by atoms with Crippen molar-refractivity contribution in [3.8, 4) is 39.4 Å². The molecule has 2 aromatic carbocycles. The minimum absolute atomic E-state index is 0.0208. The van der Waals surface area contributed by atoms with Crippen LogP contribution in [0.4, 0.5) is 22.3 Å². The molecule has 4 N–H and O–H groups in total. The first-order chi connectivity index (χ1) is 20.8. The van der Waals surface area contributed by atoms with E-state index in [1.165, 1.54) is 17.8 Å². The highest BCUT2D eigenvalue weighted by molar-refractivity contribution is 7.19. The lowest BCUT2D eigenvalue weighted by Gasteiger charge is -2.35. The number of benzene rings is 2. The zero-order valence-electron chi connectivity index (χ0n) is 24.5. The second-order valence-corrected chi connectivity index (χ2v) is 11.9. The fourth-order valence-corrected chi connectivity index (χ4v) is 6.76. The van der Waals surface area contributed by atoms with Crippen LogP contribution in [-0.2, 0) is 4.79 Å². The van der Waals surface area contributed by atoms with E-state index < -0.39 is 0 Å². The van der Waals surface area contributed by atoms with E-state index in [0.29, 0.717) is 56.3 Å². The molecule has 11 nitrogen and oxygen atoms in total. The molecule has 43 heavy (non-hydrogen) atoms. The van der Waals surface area contributed by atoms with Gasteiger partial charge in [-0.15, -0.1) is 0 Å². The monoisotopic (exact) mass is 602 g/mol. The lowest BCUT2D eigenvalue weighted by Crippen LogP contribution is -2.32. The Morgan fingerprint density at radius 3 is 2.53 bits per heavy atom. The molecular formula is C31H34N6O5S. The SMILES string of the molecule is COc1cc(Nc2nc(N)c(-c3nc(-c4cc(NC(=O)C5CC6C=CCC(C6)C5)ccc4C)no3)s2)cc(OC)c1OC. The second-order valence-electron chi connectivity index (χ2n) is 10.9. The van der Waals surface area contributed by atoms with Crippen LogP contribution in [0, 0.1) is 24.7 Å². The molecule has 224 valence electrons. The lowest BCUT2D eigenvalue weighted by atomic mass is 9.71. The van der Waals surface area contributed by atoms with Crippen LogP contribution in [0.1, 0.15) is 31.2 Å². The number of nitrogens with one attached hydrogen (secondary N) is 2. The Labute approximate surface area is 253 Å². The Morgan fingerprint density at radius 1 is 1.02 bits per heavy atom. The molecule has 2 heterocycles. The normalized spacial score (nSPS) is 19.1. The third kappa shape index (κ3) is 5.87. The van der Waals surface area contributed by atoms with E-state index in [4.69, 9.17) is 24.5 Å². The van der Waals surface area contributed by atoms with Crippen LogP contribution in [0.5, 0.6) is 17.2 Å². The second kappa shape index (κ2) is 12.0. The van der Waals surface area contributed by atoms with Gasteiger partial charge in [0.05, 0.1) is 21.3 Å². The van der Waals surface area contributed by atoms with Gasteiger partial charge in [-0.05, 0) is 62.1 Å². The third-order valence-corrected chi connectivity index (χ3v) is 9.00. The number of anilines is 4. The summed E-state index contributed by atoms with van der Waals surface area (Å²) >= 11 is 1.27. The van der Waals surface area contributed by atoms with Gasteiger partial charge in [0.2, 0.25) is 17.5 Å². The van der Waals surface area contributed by atoms with Gasteiger partial charge in [-0.1, -0.05) is 34.7 Å². The number of aryl methyl sites for hydroxylation is 1. The van der Waals surface area contributed by atoms with Crippen molar-refractivity contribution in [2.75, 3.05) is 37.7 Å². The predicted molar refractivity (Wildman–Crippen MR) is 166 cm³/mol. The van der Waals surface area contributed by atoms with Crippen LogP contribution in [0.3, 0.4) is 0 Å². The number of rotatable bonds is 9. The number of amides is 1. The average molecular weight is 603 g/mol. The number of nitrogens with two attached hydrogens (primary N) is 1. The van der Waals surface area contributed by atoms with Crippen molar-refractivity contribution in [2.45, 2.75) is 32.6 Å². The highest BCUT2D eigenvalue weighted by Crippen LogP contribution is 2.43. The van der Waals surface area contributed by atoms with Crippen LogP contribution < -0.4 is 30.6 Å². The fraction of sp³-hybridized carbons (Fsp3) is 0.355. The standard InChI is InChI=1S/C31H34N6O5S/c1-16-8-9-20(33-29(38)19-11-17-6-5-7-18(10-17)12-19)13-22(16)28-36-30(42-37-28)26-27(32)35-31(43-26)34-21-14-23(39-2)25(41-4)24(15-21)40-3/h5-6,8-9,13-15,17-19H,7,10-12,32H2,1-4H3,(H,33,38)(H,34,35). The van der Waals surface area contributed by atoms with E-state index in [1.54, 1.807) is 33.5 Å². The zero-order chi connectivity index (χ0) is 30.1. The molecule has 1 saturated carbocycles. The van der Waals surface area contributed by atoms with Crippen molar-refractivity contribution >= 4 is 39.6 Å². The number of carbonyl (C=O) groups excluding carboxylic acids is 1. The Morgan fingerprint density at radius 2 is 1.81 bits per heavy atom. The van der Waals surface area contributed by atoms with Crippen LogP contribution in [-0.4, -0.2) is 42.4 Å². The van der Waals surface area contributed by atoms with Crippen LogP contribution in [0.15, 0.2) is 47.0 Å². The molecule has 0 radical (unpaired) electrons. The van der Waals surface area contributed by atoms with Gasteiger partial charge < -0.3 is 35.1 Å². The molecule has 0 spiro atoms. The van der Waals surface area contributed by atoms with Gasteiger partial charge in [0.25, 0.3) is 5.89 Å². The van der Waals surface area contributed by atoms with Crippen LogP contribution in [0.25, 0.3) is 22.2 Å². The molecule has 1 fully saturated rings. The topological polar surface area (TPSA) is 147 Å². The van der Waals surface area contributed by atoms with E-state index >= 15 is 0 Å². The van der Waals surface area contributed by atoms with Crippen molar-refractivity contribution in [3.05, 3.63) is 48.0 Å². The number of methoxy groups -OCH3 is 3. The minimum atomic E-state index is 0.0208. The number of nitrogens with zero attached hydrogens (tertiary/aromatic N) is 3. The Kier molecular flexibility index (Phi) is 7.94. The van der Waals surface area contributed by atoms with Gasteiger partial charge in [-0.3, -0.25) is 4.79 Å². The quantitative estimate of drug-likeness (QED) is 0.183. The molecule has 2 bridgehead atoms. The smallest absolute Gasteiger partial charge is 0.272 e. The van der Waals surface area contributed by atoms with Crippen molar-refractivity contribution in [3.63, 3.8) is 0 Å². The van der Waals surface area contributed by atoms with Crippen molar-refractivity contribution in [1.29, 1.82) is 0 Å². The molecule has 0 saturated heterocycles. The van der Waals surface area contributed by atoms with E-state index in [1.807, 2.05) is 25.1 Å². The predicted octanol–water partition coefficient (Wildman–Crippen LogP) is 6.45. The molecule has 4 aromatic rings. The molecule has 0 aliphatic heterocycles. The van der Waals surface area contributed by atoms with Crippen molar-refractivity contribution < 1.29 is 23.5 Å². The molecule has 3 atom stereocenters. The number of allylic oxidation sites excluding steroid dienone is 2. The van der Waals surface area contributed by atoms with Gasteiger partial charge >= 0.3 is 0 Å². The number of hydrogen-bond donors (Lipinski definition) is 3. The summed E-state index contributed by atoms with van der Waals surface area (Å²) in [6, 6.07) is 9.28. The number of carbonyl (C=O) groups is 1. The number of nitrogen functional groups attached to an aromatic ring is 1. The molecule has 6 rings (SSSR count). The summed E-state index contributed by atoms with van der Waals surface area (Å²) in [4.78, 5) is 22.8. The van der Waals surface area contributed by atoms with Gasteiger partial charge in [0.1, 0.15) is 10.7 Å². The number of ether oxygens (including phenoxy) is 3. The van der Waals surface area contributed by atoms with Crippen LogP contribution in [0.2, 0.25) is 0 Å². The molecule has 2 aliphatic rings. The Balaban J connectivity index is 1.19. The average Bonchev–Trinajstić information content (AvgIpc) is 3.63. The van der Waals surface area contributed by atoms with E-state index in [0.717, 1.165) is 30.4 Å². The van der Waals surface area contributed by atoms with Crippen molar-refractivity contribution in [2.24, 2.45) is 17.8 Å². The molecule has 1 amide bonds. The highest BCUT2D eigenvalue weighted by atomic mass is 32.1. The maximum absolute atomic E-state index is 13.2. The number of fused-ring (bicyclic) bond motifs is 2. The first-order valence-electron chi connectivity index (χ1n) is 14.1. The third-order valence-electron chi connectivity index (χ3n) is 8.03. The number of hydrogen-bond acceptors (Lipinski definition) is 11. The van der Waals surface area contributed by atoms with Gasteiger partial charge in [-0.2, -0.15) is 4.98 Å². The largest absolute Gasteiger partial charge is 0.493 e. The summed E-state index contributed by atoms with van der Waals surface area (Å²) in [6.07, 6.45) is 8.65. The van der Waals surface area contributed by atoms with Gasteiger partial charge in [0.15, 0.2) is 16.6 Å². The highest BCUT2D eigenvalue weighted by Gasteiger charge is 2.33. The van der Waals surface area contributed by atoms with Crippen LogP contribution >= 0.6 is 11.3 Å². The summed E-state index contributed by atoms with van der Waals surface area (Å²) in [7, 11) is 4.66. The van der Waals surface area contributed by atoms with E-state index in [9.17, 15) is 4.79 Å². The maximum Gasteiger partial charge on any atom is 0.272 e. The van der Waals surface area contributed by atoms with Gasteiger partial charge in [0, 0.05) is 35.0 Å². The fourth-order valence-electron chi connectivity index (χ4n) is 5.94. The first-order valence-corrected chi connectivity index (χ1v) is 14.9. The Bertz CT molecular complexity index is 1660. The summed E-state index contributed by atoms with van der Waals surface area (Å²) in [5.74, 6) is 3.58. The van der Waals surface area contributed by atoms with E-state index in [2.05, 4.69) is 37.9 Å². The molecule has 2 aromatic heterocycles. The first kappa shape index (κ1) is 28.5. The summed E-state index contributed by atoms with van der Waals surface area (Å²) in [6.45, 7) is 1.96. The maximum atomic E-state index is 13.2. The molecule has 2 aliphatic carbocycles. The zero-order valence-corrected chi connectivity index (χ0v) is 25.3. The lowest BCUT2D eigenvalue weighted by molar-refractivity contribution is -0.121. The van der Waals surface area contributed by atoms with Gasteiger partial charge in [-0.25, -0.2) is 4.98 Å². The minimum Gasteiger partial charge on any atom is -0.493 e. The summed E-state index contributed by atoms with van der Waals surface area (Å²) < 4.78 is 21.9. The Hall–Kier alpha value is -4.58. The number of thiazole rings is 1. The van der Waals surface area contributed by atoms with Crippen molar-refractivity contribution in [1.82, 2.24) is 15.1 Å². The molecule has 12 heteroatoms. The van der Waals surface area contributed by atoms with E-state index in [-0.39, 0.29) is 23.5 Å². The summed E-state index contributed by atoms with van der Waals surface area (Å²) in [5.41, 5.74) is 9.34. The molecular weight excluding hydrogens is 568 g/mol. The number of aromatic nitrogens is 3. The molecule has 3 unspecified atom stereocenters. The summed E-state index contributed by atoms with van der Waals surface area (Å²) in [5, 5.41) is 11.1.